The molecule has 0 bridgehead atoms. The quantitative estimate of drug-likeness (QED) is 0.832. The first-order valence-electron chi connectivity index (χ1n) is 5.18. The number of carboxylic acids is 1. The van der Waals surface area contributed by atoms with E-state index in [1.54, 1.807) is 10.7 Å². The molecule has 0 fully saturated rings. The van der Waals surface area contributed by atoms with Crippen LogP contribution in [0.15, 0.2) is 6.07 Å². The third-order valence-electron chi connectivity index (χ3n) is 2.20. The Kier molecular flexibility index (Phi) is 3.17. The summed E-state index contributed by atoms with van der Waals surface area (Å²) in [6.07, 6.45) is 0.948. The zero-order valence-corrected chi connectivity index (χ0v) is 9.74. The number of rotatable bonds is 3. The van der Waals surface area contributed by atoms with E-state index in [9.17, 15) is 4.79 Å². The molecule has 0 unspecified atom stereocenters. The summed E-state index contributed by atoms with van der Waals surface area (Å²) in [5.74, 6) is -0.963. The number of aromatic nitrogens is 2. The summed E-state index contributed by atoms with van der Waals surface area (Å²) in [5.41, 5.74) is 1.03. The van der Waals surface area contributed by atoms with Gasteiger partial charge < -0.3 is 5.11 Å². The lowest BCUT2D eigenvalue weighted by Crippen LogP contribution is -2.18. The van der Waals surface area contributed by atoms with Crippen molar-refractivity contribution >= 4 is 5.97 Å². The average molecular weight is 210 g/mol. The van der Waals surface area contributed by atoms with Crippen LogP contribution in [0.5, 0.6) is 0 Å². The summed E-state index contributed by atoms with van der Waals surface area (Å²) in [6, 6.07) is 1.66. The van der Waals surface area contributed by atoms with Gasteiger partial charge in [0, 0.05) is 17.7 Å². The van der Waals surface area contributed by atoms with Gasteiger partial charge in [-0.3, -0.25) is 4.68 Å². The van der Waals surface area contributed by atoms with Gasteiger partial charge in [0.15, 0.2) is 5.69 Å². The molecule has 0 aliphatic carbocycles. The van der Waals surface area contributed by atoms with E-state index in [1.165, 1.54) is 0 Å². The summed E-state index contributed by atoms with van der Waals surface area (Å²) in [7, 11) is 0. The minimum absolute atomic E-state index is 0.0735. The van der Waals surface area contributed by atoms with Crippen LogP contribution in [-0.4, -0.2) is 20.9 Å². The first-order chi connectivity index (χ1) is 6.86. The zero-order chi connectivity index (χ0) is 11.6. The van der Waals surface area contributed by atoms with Crippen LogP contribution in [0.25, 0.3) is 0 Å². The lowest BCUT2D eigenvalue weighted by molar-refractivity contribution is 0.0689. The topological polar surface area (TPSA) is 55.1 Å². The number of aryl methyl sites for hydroxylation is 1. The fraction of sp³-hybridized carbons (Fsp3) is 0.636. The minimum Gasteiger partial charge on any atom is -0.476 e. The fourth-order valence-corrected chi connectivity index (χ4v) is 1.51. The highest BCUT2D eigenvalue weighted by Crippen LogP contribution is 2.23. The van der Waals surface area contributed by atoms with Gasteiger partial charge in [0.2, 0.25) is 0 Å². The molecule has 0 aromatic carbocycles. The van der Waals surface area contributed by atoms with Gasteiger partial charge in [0.25, 0.3) is 0 Å². The molecule has 0 saturated carbocycles. The van der Waals surface area contributed by atoms with Crippen molar-refractivity contribution in [2.24, 2.45) is 0 Å². The van der Waals surface area contributed by atoms with Crippen molar-refractivity contribution in [2.75, 3.05) is 0 Å². The van der Waals surface area contributed by atoms with Crippen LogP contribution in [0.1, 0.15) is 50.3 Å². The maximum absolute atomic E-state index is 10.8. The predicted molar refractivity (Wildman–Crippen MR) is 58.2 cm³/mol. The normalized spacial score (nSPS) is 11.7. The maximum atomic E-state index is 10.8. The Bertz CT molecular complexity index is 361. The van der Waals surface area contributed by atoms with E-state index in [0.717, 1.165) is 18.7 Å². The molecule has 4 nitrogen and oxygen atoms in total. The molecule has 1 aromatic rings. The molecule has 0 saturated heterocycles. The molecule has 1 N–H and O–H groups in total. The van der Waals surface area contributed by atoms with Crippen LogP contribution in [0.4, 0.5) is 0 Å². The van der Waals surface area contributed by atoms with E-state index < -0.39 is 5.97 Å². The first-order valence-corrected chi connectivity index (χ1v) is 5.18. The van der Waals surface area contributed by atoms with Gasteiger partial charge in [-0.05, 0) is 12.5 Å². The molecule has 1 aromatic heterocycles. The van der Waals surface area contributed by atoms with E-state index >= 15 is 0 Å². The van der Waals surface area contributed by atoms with Crippen molar-refractivity contribution in [1.29, 1.82) is 0 Å². The van der Waals surface area contributed by atoms with Gasteiger partial charge in [-0.25, -0.2) is 4.79 Å². The Hall–Kier alpha value is -1.32. The van der Waals surface area contributed by atoms with Crippen molar-refractivity contribution in [3.8, 4) is 0 Å². The summed E-state index contributed by atoms with van der Waals surface area (Å²) in [4.78, 5) is 10.8. The molecule has 0 atom stereocenters. The highest BCUT2D eigenvalue weighted by molar-refractivity contribution is 5.85. The number of hydrogen-bond acceptors (Lipinski definition) is 2. The maximum Gasteiger partial charge on any atom is 0.356 e. The molecule has 0 radical (unpaired) electrons. The van der Waals surface area contributed by atoms with Crippen LogP contribution in [0.3, 0.4) is 0 Å². The largest absolute Gasteiger partial charge is 0.476 e. The van der Waals surface area contributed by atoms with Gasteiger partial charge in [-0.1, -0.05) is 27.7 Å². The predicted octanol–water partition coefficient (Wildman–Crippen LogP) is 2.29. The van der Waals surface area contributed by atoms with Crippen molar-refractivity contribution in [3.05, 3.63) is 17.5 Å². The Labute approximate surface area is 89.9 Å². The summed E-state index contributed by atoms with van der Waals surface area (Å²) in [5, 5.41) is 13.0. The molecule has 0 aliphatic rings. The molecular weight excluding hydrogens is 192 g/mol. The van der Waals surface area contributed by atoms with E-state index in [-0.39, 0.29) is 11.1 Å². The molecule has 0 aliphatic heterocycles. The van der Waals surface area contributed by atoms with Crippen molar-refractivity contribution in [2.45, 2.75) is 46.1 Å². The third kappa shape index (κ3) is 2.58. The highest BCUT2D eigenvalue weighted by Gasteiger charge is 2.22. The average Bonchev–Trinajstić information content (AvgIpc) is 2.48. The smallest absolute Gasteiger partial charge is 0.356 e. The number of carbonyl (C=O) groups is 1. The van der Waals surface area contributed by atoms with E-state index in [1.807, 2.05) is 0 Å². The van der Waals surface area contributed by atoms with Crippen molar-refractivity contribution < 1.29 is 9.90 Å². The second-order valence-electron chi connectivity index (χ2n) is 4.69. The lowest BCUT2D eigenvalue weighted by atomic mass is 9.92. The number of hydrogen-bond donors (Lipinski definition) is 1. The Morgan fingerprint density at radius 3 is 2.53 bits per heavy atom. The fourth-order valence-electron chi connectivity index (χ4n) is 1.51. The van der Waals surface area contributed by atoms with Gasteiger partial charge in [-0.2, -0.15) is 5.10 Å². The van der Waals surface area contributed by atoms with Crippen LogP contribution in [0.2, 0.25) is 0 Å². The molecule has 4 heteroatoms. The van der Waals surface area contributed by atoms with Crippen LogP contribution in [0, 0.1) is 0 Å². The van der Waals surface area contributed by atoms with Crippen molar-refractivity contribution in [1.82, 2.24) is 9.78 Å². The highest BCUT2D eigenvalue weighted by atomic mass is 16.4. The summed E-state index contributed by atoms with van der Waals surface area (Å²) < 4.78 is 1.80. The van der Waals surface area contributed by atoms with Crippen molar-refractivity contribution in [3.63, 3.8) is 0 Å². The number of carboxylic acid groups (broad SMARTS) is 1. The van der Waals surface area contributed by atoms with Gasteiger partial charge in [0.1, 0.15) is 0 Å². The van der Waals surface area contributed by atoms with E-state index in [0.29, 0.717) is 0 Å². The van der Waals surface area contributed by atoms with Crippen LogP contribution < -0.4 is 0 Å². The summed E-state index contributed by atoms with van der Waals surface area (Å²) >= 11 is 0. The third-order valence-corrected chi connectivity index (χ3v) is 2.20. The molecule has 0 spiro atoms. The van der Waals surface area contributed by atoms with Gasteiger partial charge >= 0.3 is 5.97 Å². The monoisotopic (exact) mass is 210 g/mol. The molecule has 0 amide bonds. The van der Waals surface area contributed by atoms with E-state index in [2.05, 4.69) is 32.8 Å². The second kappa shape index (κ2) is 4.04. The molecule has 1 rings (SSSR count). The summed E-state index contributed by atoms with van der Waals surface area (Å²) in [6.45, 7) is 8.99. The van der Waals surface area contributed by atoms with Gasteiger partial charge in [0.05, 0.1) is 0 Å². The SMILES string of the molecule is CCCn1nc(C(=O)O)cc1C(C)(C)C. The standard InChI is InChI=1S/C11H18N2O2/c1-5-6-13-9(11(2,3)4)7-8(12-13)10(14)15/h7H,5-6H2,1-4H3,(H,14,15). The Balaban J connectivity index is 3.17. The molecule has 84 valence electrons. The number of aromatic carboxylic acids is 1. The lowest BCUT2D eigenvalue weighted by Gasteiger charge is -2.19. The zero-order valence-electron chi connectivity index (χ0n) is 9.74. The van der Waals surface area contributed by atoms with Crippen LogP contribution >= 0.6 is 0 Å². The Morgan fingerprint density at radius 2 is 2.13 bits per heavy atom. The van der Waals surface area contributed by atoms with Crippen LogP contribution in [-0.2, 0) is 12.0 Å². The van der Waals surface area contributed by atoms with E-state index in [4.69, 9.17) is 5.11 Å². The number of nitrogens with zero attached hydrogens (tertiary/aromatic N) is 2. The molecule has 1 heterocycles. The minimum atomic E-state index is -0.963. The second-order valence-corrected chi connectivity index (χ2v) is 4.69. The first kappa shape index (κ1) is 11.8. The molecule has 15 heavy (non-hydrogen) atoms. The Morgan fingerprint density at radius 1 is 1.53 bits per heavy atom. The molecular formula is C11H18N2O2. The van der Waals surface area contributed by atoms with Gasteiger partial charge in [-0.15, -0.1) is 0 Å².